The van der Waals surface area contributed by atoms with Crippen molar-refractivity contribution in [3.05, 3.63) is 29.8 Å². The van der Waals surface area contributed by atoms with E-state index in [4.69, 9.17) is 9.84 Å². The van der Waals surface area contributed by atoms with Crippen LogP contribution in [0, 0.1) is 0 Å². The van der Waals surface area contributed by atoms with Gasteiger partial charge in [-0.15, -0.1) is 0 Å². The van der Waals surface area contributed by atoms with Crippen molar-refractivity contribution in [2.45, 2.75) is 12.5 Å². The number of nitrogens with one attached hydrogen (secondary N) is 1. The summed E-state index contributed by atoms with van der Waals surface area (Å²) in [6.07, 6.45) is 0.777. The molecule has 0 saturated heterocycles. The number of hydrogen-bond donors (Lipinski definition) is 3. The molecule has 1 aliphatic rings. The Labute approximate surface area is 118 Å². The third kappa shape index (κ3) is 4.47. The highest BCUT2D eigenvalue weighted by atomic mass is 35.5. The zero-order chi connectivity index (χ0) is 12.8. The third-order valence-corrected chi connectivity index (χ3v) is 2.99. The fourth-order valence-electron chi connectivity index (χ4n) is 2.11. The van der Waals surface area contributed by atoms with E-state index in [9.17, 15) is 4.79 Å². The highest BCUT2D eigenvalue weighted by Gasteiger charge is 2.30. The SMILES string of the molecule is O=C(NCCOCCO)C1Cc2ccccc2[NH2+]1.[Cl-]. The Morgan fingerprint density at radius 3 is 2.95 bits per heavy atom. The van der Waals surface area contributed by atoms with E-state index in [0.29, 0.717) is 19.8 Å². The number of amides is 1. The van der Waals surface area contributed by atoms with Crippen LogP contribution in [0.2, 0.25) is 0 Å². The quantitative estimate of drug-likeness (QED) is 0.368. The number of aliphatic hydroxyl groups excluding tert-OH is 1. The molecule has 0 spiro atoms. The van der Waals surface area contributed by atoms with Crippen LogP contribution in [0.4, 0.5) is 5.69 Å². The number of hydrogen-bond acceptors (Lipinski definition) is 3. The number of benzene rings is 1. The number of carbonyl (C=O) groups is 1. The van der Waals surface area contributed by atoms with Gasteiger partial charge in [0.25, 0.3) is 5.91 Å². The maximum atomic E-state index is 11.9. The molecule has 0 fully saturated rings. The lowest BCUT2D eigenvalue weighted by atomic mass is 10.1. The van der Waals surface area contributed by atoms with Gasteiger partial charge >= 0.3 is 0 Å². The first-order valence-corrected chi connectivity index (χ1v) is 6.20. The number of carbonyl (C=O) groups excluding carboxylic acids is 1. The molecule has 1 amide bonds. The molecule has 0 aromatic heterocycles. The number of nitrogens with two attached hydrogens (primary N) is 1. The molecule has 4 N–H and O–H groups in total. The smallest absolute Gasteiger partial charge is 0.279 e. The van der Waals surface area contributed by atoms with E-state index >= 15 is 0 Å². The predicted octanol–water partition coefficient (Wildman–Crippen LogP) is -4.06. The summed E-state index contributed by atoms with van der Waals surface area (Å²) in [4.78, 5) is 11.9. The van der Waals surface area contributed by atoms with Crippen molar-refractivity contribution in [1.82, 2.24) is 5.32 Å². The lowest BCUT2D eigenvalue weighted by Gasteiger charge is -2.08. The van der Waals surface area contributed by atoms with E-state index in [-0.39, 0.29) is 31.0 Å². The molecule has 0 aliphatic carbocycles. The minimum atomic E-state index is -0.0692. The summed E-state index contributed by atoms with van der Waals surface area (Å²) in [6, 6.07) is 8.00. The summed E-state index contributed by atoms with van der Waals surface area (Å²) in [5, 5.41) is 13.4. The molecule has 1 aliphatic heterocycles. The molecule has 2 rings (SSSR count). The minimum absolute atomic E-state index is 0. The van der Waals surface area contributed by atoms with Gasteiger partial charge in [-0.1, -0.05) is 18.2 Å². The van der Waals surface area contributed by atoms with Crippen molar-refractivity contribution in [3.63, 3.8) is 0 Å². The van der Waals surface area contributed by atoms with Crippen LogP contribution in [-0.2, 0) is 16.0 Å². The summed E-state index contributed by atoms with van der Waals surface area (Å²) in [5.74, 6) is 0.0406. The number of fused-ring (bicyclic) bond motifs is 1. The van der Waals surface area contributed by atoms with Crippen molar-refractivity contribution in [1.29, 1.82) is 0 Å². The normalized spacial score (nSPS) is 16.6. The first-order chi connectivity index (χ1) is 8.81. The minimum Gasteiger partial charge on any atom is -1.00 e. The van der Waals surface area contributed by atoms with Gasteiger partial charge in [-0.2, -0.15) is 0 Å². The molecule has 1 heterocycles. The number of ether oxygens (including phenoxy) is 1. The van der Waals surface area contributed by atoms with Crippen LogP contribution in [0.5, 0.6) is 0 Å². The lowest BCUT2D eigenvalue weighted by molar-refractivity contribution is -0.586. The van der Waals surface area contributed by atoms with E-state index < -0.39 is 0 Å². The number of halogens is 1. The molecular weight excluding hydrogens is 268 g/mol. The Bertz CT molecular complexity index is 390. The summed E-state index contributed by atoms with van der Waals surface area (Å²) >= 11 is 0. The van der Waals surface area contributed by atoms with Gasteiger partial charge in [0.1, 0.15) is 5.69 Å². The third-order valence-electron chi connectivity index (χ3n) is 2.99. The second kappa shape index (κ2) is 8.12. The highest BCUT2D eigenvalue weighted by Crippen LogP contribution is 2.16. The van der Waals surface area contributed by atoms with Gasteiger partial charge in [0, 0.05) is 18.5 Å². The van der Waals surface area contributed by atoms with Crippen LogP contribution >= 0.6 is 0 Å². The van der Waals surface area contributed by atoms with Gasteiger partial charge in [-0.25, -0.2) is 0 Å². The van der Waals surface area contributed by atoms with Crippen molar-refractivity contribution in [3.8, 4) is 0 Å². The molecule has 0 bridgehead atoms. The first-order valence-electron chi connectivity index (χ1n) is 6.20. The maximum absolute atomic E-state index is 11.9. The monoisotopic (exact) mass is 286 g/mol. The van der Waals surface area contributed by atoms with Gasteiger partial charge in [0.15, 0.2) is 6.04 Å². The van der Waals surface area contributed by atoms with Crippen molar-refractivity contribution in [2.75, 3.05) is 26.4 Å². The summed E-state index contributed by atoms with van der Waals surface area (Å²) < 4.78 is 5.08. The van der Waals surface area contributed by atoms with Crippen molar-refractivity contribution >= 4 is 11.6 Å². The van der Waals surface area contributed by atoms with Gasteiger partial charge in [0.2, 0.25) is 0 Å². The zero-order valence-electron chi connectivity index (χ0n) is 10.6. The molecule has 1 aromatic rings. The maximum Gasteiger partial charge on any atom is 0.279 e. The van der Waals surface area contributed by atoms with E-state index in [1.165, 1.54) is 5.56 Å². The fraction of sp³-hybridized carbons (Fsp3) is 0.462. The lowest BCUT2D eigenvalue weighted by Crippen LogP contribution is -3.00. The average molecular weight is 287 g/mol. The Morgan fingerprint density at radius 1 is 1.42 bits per heavy atom. The molecule has 1 atom stereocenters. The van der Waals surface area contributed by atoms with Gasteiger partial charge in [-0.05, 0) is 6.07 Å². The van der Waals surface area contributed by atoms with Gasteiger partial charge < -0.3 is 32.9 Å². The highest BCUT2D eigenvalue weighted by molar-refractivity contribution is 5.81. The summed E-state index contributed by atoms with van der Waals surface area (Å²) in [6.45, 7) is 1.25. The molecule has 19 heavy (non-hydrogen) atoms. The van der Waals surface area contributed by atoms with E-state index in [2.05, 4.69) is 11.4 Å². The van der Waals surface area contributed by atoms with Gasteiger partial charge in [0.05, 0.1) is 19.8 Å². The van der Waals surface area contributed by atoms with E-state index in [0.717, 1.165) is 12.1 Å². The Balaban J connectivity index is 0.00000180. The average Bonchev–Trinajstić information content (AvgIpc) is 2.82. The van der Waals surface area contributed by atoms with Crippen LogP contribution < -0.4 is 23.0 Å². The van der Waals surface area contributed by atoms with Gasteiger partial charge in [-0.3, -0.25) is 4.79 Å². The number of quaternary nitrogens is 1. The fourth-order valence-corrected chi connectivity index (χ4v) is 2.11. The zero-order valence-corrected chi connectivity index (χ0v) is 11.4. The molecule has 0 radical (unpaired) electrons. The van der Waals surface area contributed by atoms with E-state index in [1.54, 1.807) is 0 Å². The number of para-hydroxylation sites is 1. The molecular formula is C13H19ClN2O3. The molecule has 1 unspecified atom stereocenters. The molecule has 0 saturated carbocycles. The van der Waals surface area contributed by atoms with Crippen molar-refractivity contribution in [2.24, 2.45) is 0 Å². The Hall–Kier alpha value is -1.14. The standard InChI is InChI=1S/C13H18N2O3.ClH/c16-6-8-18-7-5-14-13(17)12-9-10-3-1-2-4-11(10)15-12;/h1-4,12,15-16H,5-9H2,(H,14,17);1H. The van der Waals surface area contributed by atoms with Crippen molar-refractivity contribution < 1.29 is 32.4 Å². The van der Waals surface area contributed by atoms with Crippen LogP contribution in [-0.4, -0.2) is 43.4 Å². The second-order valence-corrected chi connectivity index (χ2v) is 4.30. The topological polar surface area (TPSA) is 75.2 Å². The number of aliphatic hydroxyl groups is 1. The summed E-state index contributed by atoms with van der Waals surface area (Å²) in [5.41, 5.74) is 2.39. The summed E-state index contributed by atoms with van der Waals surface area (Å²) in [7, 11) is 0. The Kier molecular flexibility index (Phi) is 6.80. The molecule has 106 valence electrons. The molecule has 1 aromatic carbocycles. The van der Waals surface area contributed by atoms with Crippen LogP contribution in [0.15, 0.2) is 24.3 Å². The van der Waals surface area contributed by atoms with E-state index in [1.807, 2.05) is 23.5 Å². The molecule has 6 heteroatoms. The van der Waals surface area contributed by atoms with Crippen LogP contribution in [0.25, 0.3) is 0 Å². The van der Waals surface area contributed by atoms with Crippen LogP contribution in [0.1, 0.15) is 5.56 Å². The Morgan fingerprint density at radius 2 is 2.21 bits per heavy atom. The largest absolute Gasteiger partial charge is 1.00 e. The second-order valence-electron chi connectivity index (χ2n) is 4.30. The first kappa shape index (κ1) is 15.9. The predicted molar refractivity (Wildman–Crippen MR) is 66.4 cm³/mol. The number of rotatable bonds is 6. The molecule has 5 nitrogen and oxygen atoms in total. The van der Waals surface area contributed by atoms with Crippen LogP contribution in [0.3, 0.4) is 0 Å².